The number of benzene rings is 2. The molecule has 2 aromatic carbocycles. The standard InChI is InChI=1S/C15H13FN4O2/c16-12-6-9(7-17)4-5-10(12)8-18-15(21)11-2-1-3-13-14(11)20-22-19-13/h1-6H,7-8,17H2,(H,18,21). The lowest BCUT2D eigenvalue weighted by Crippen LogP contribution is -2.23. The summed E-state index contributed by atoms with van der Waals surface area (Å²) in [5.74, 6) is -0.770. The van der Waals surface area contributed by atoms with Gasteiger partial charge >= 0.3 is 0 Å². The molecule has 0 radical (unpaired) electrons. The predicted molar refractivity (Wildman–Crippen MR) is 77.3 cm³/mol. The lowest BCUT2D eigenvalue weighted by molar-refractivity contribution is 0.0952. The number of amides is 1. The zero-order valence-electron chi connectivity index (χ0n) is 11.5. The minimum absolute atomic E-state index is 0.0667. The molecule has 0 aliphatic rings. The summed E-state index contributed by atoms with van der Waals surface area (Å²) in [5.41, 5.74) is 7.73. The highest BCUT2D eigenvalue weighted by atomic mass is 19.1. The monoisotopic (exact) mass is 300 g/mol. The third-order valence-electron chi connectivity index (χ3n) is 3.32. The Hall–Kier alpha value is -2.80. The van der Waals surface area contributed by atoms with E-state index in [-0.39, 0.29) is 19.0 Å². The van der Waals surface area contributed by atoms with Gasteiger partial charge in [0.15, 0.2) is 0 Å². The van der Waals surface area contributed by atoms with E-state index < -0.39 is 5.82 Å². The van der Waals surface area contributed by atoms with Gasteiger partial charge in [-0.1, -0.05) is 18.2 Å². The zero-order valence-corrected chi connectivity index (χ0v) is 11.5. The Kier molecular flexibility index (Phi) is 3.80. The minimum atomic E-state index is -0.399. The van der Waals surface area contributed by atoms with Gasteiger partial charge in [0.2, 0.25) is 0 Å². The second-order valence-corrected chi connectivity index (χ2v) is 4.75. The average molecular weight is 300 g/mol. The van der Waals surface area contributed by atoms with Gasteiger partial charge < -0.3 is 11.1 Å². The fourth-order valence-electron chi connectivity index (χ4n) is 2.12. The molecule has 0 saturated carbocycles. The van der Waals surface area contributed by atoms with Crippen LogP contribution in [0.4, 0.5) is 4.39 Å². The van der Waals surface area contributed by atoms with E-state index in [9.17, 15) is 9.18 Å². The molecular formula is C15H13FN4O2. The Morgan fingerprint density at radius 3 is 2.91 bits per heavy atom. The van der Waals surface area contributed by atoms with Crippen LogP contribution in [-0.4, -0.2) is 16.2 Å². The lowest BCUT2D eigenvalue weighted by Gasteiger charge is -2.07. The molecule has 6 nitrogen and oxygen atoms in total. The summed E-state index contributed by atoms with van der Waals surface area (Å²) < 4.78 is 18.5. The Morgan fingerprint density at radius 2 is 2.14 bits per heavy atom. The Bertz CT molecular complexity index is 831. The van der Waals surface area contributed by atoms with Crippen LogP contribution in [0.5, 0.6) is 0 Å². The van der Waals surface area contributed by atoms with Crippen LogP contribution in [-0.2, 0) is 13.1 Å². The first kappa shape index (κ1) is 14.2. The van der Waals surface area contributed by atoms with Crippen LogP contribution < -0.4 is 11.1 Å². The average Bonchev–Trinajstić information content (AvgIpc) is 3.01. The van der Waals surface area contributed by atoms with Gasteiger partial charge in [-0.05, 0) is 34.1 Å². The number of aromatic nitrogens is 2. The zero-order chi connectivity index (χ0) is 15.5. The molecule has 22 heavy (non-hydrogen) atoms. The van der Waals surface area contributed by atoms with E-state index in [0.717, 1.165) is 0 Å². The van der Waals surface area contributed by atoms with Crippen molar-refractivity contribution in [3.8, 4) is 0 Å². The topological polar surface area (TPSA) is 94.0 Å². The van der Waals surface area contributed by atoms with Gasteiger partial charge in [-0.25, -0.2) is 9.02 Å². The molecule has 1 heterocycles. The fourth-order valence-corrected chi connectivity index (χ4v) is 2.12. The molecule has 1 amide bonds. The van der Waals surface area contributed by atoms with Crippen LogP contribution in [0.1, 0.15) is 21.5 Å². The number of fused-ring (bicyclic) bond motifs is 1. The van der Waals surface area contributed by atoms with Gasteiger partial charge in [-0.15, -0.1) is 0 Å². The molecule has 3 rings (SSSR count). The van der Waals surface area contributed by atoms with Crippen molar-refractivity contribution in [1.82, 2.24) is 15.6 Å². The first-order valence-corrected chi connectivity index (χ1v) is 6.66. The van der Waals surface area contributed by atoms with Crippen LogP contribution in [0.25, 0.3) is 11.0 Å². The number of hydrogen-bond donors (Lipinski definition) is 2. The molecule has 1 aromatic heterocycles. The molecule has 0 unspecified atom stereocenters. The quantitative estimate of drug-likeness (QED) is 0.765. The van der Waals surface area contributed by atoms with E-state index in [0.29, 0.717) is 27.7 Å². The number of carbonyl (C=O) groups is 1. The van der Waals surface area contributed by atoms with Crippen molar-refractivity contribution < 1.29 is 13.8 Å². The van der Waals surface area contributed by atoms with E-state index in [1.54, 1.807) is 30.3 Å². The highest BCUT2D eigenvalue weighted by Gasteiger charge is 2.14. The molecule has 112 valence electrons. The number of carbonyl (C=O) groups excluding carboxylic acids is 1. The van der Waals surface area contributed by atoms with Crippen molar-refractivity contribution in [2.45, 2.75) is 13.1 Å². The SMILES string of the molecule is NCc1ccc(CNC(=O)c2cccc3nonc23)c(F)c1. The summed E-state index contributed by atoms with van der Waals surface area (Å²) in [6.45, 7) is 0.335. The molecule has 0 bridgehead atoms. The number of nitrogens with one attached hydrogen (secondary N) is 1. The Balaban J connectivity index is 1.76. The summed E-state index contributed by atoms with van der Waals surface area (Å²) in [7, 11) is 0. The molecule has 0 fully saturated rings. The van der Waals surface area contributed by atoms with E-state index in [4.69, 9.17) is 5.73 Å². The molecule has 0 aliphatic carbocycles. The van der Waals surface area contributed by atoms with Crippen molar-refractivity contribution in [3.05, 3.63) is 58.9 Å². The molecule has 7 heteroatoms. The molecule has 0 atom stereocenters. The summed E-state index contributed by atoms with van der Waals surface area (Å²) in [4.78, 5) is 12.2. The normalized spacial score (nSPS) is 10.8. The molecular weight excluding hydrogens is 287 g/mol. The van der Waals surface area contributed by atoms with Crippen molar-refractivity contribution in [3.63, 3.8) is 0 Å². The van der Waals surface area contributed by atoms with Crippen LogP contribution in [0.15, 0.2) is 41.0 Å². The number of nitrogens with zero attached hydrogens (tertiary/aromatic N) is 2. The van der Waals surface area contributed by atoms with E-state index in [2.05, 4.69) is 20.3 Å². The van der Waals surface area contributed by atoms with Gasteiger partial charge in [0, 0.05) is 18.7 Å². The van der Waals surface area contributed by atoms with Crippen LogP contribution >= 0.6 is 0 Å². The maximum Gasteiger partial charge on any atom is 0.253 e. The van der Waals surface area contributed by atoms with Gasteiger partial charge in [-0.3, -0.25) is 4.79 Å². The van der Waals surface area contributed by atoms with Crippen molar-refractivity contribution >= 4 is 16.9 Å². The second kappa shape index (κ2) is 5.90. The second-order valence-electron chi connectivity index (χ2n) is 4.75. The highest BCUT2D eigenvalue weighted by Crippen LogP contribution is 2.15. The van der Waals surface area contributed by atoms with Crippen LogP contribution in [0.2, 0.25) is 0 Å². The highest BCUT2D eigenvalue weighted by molar-refractivity contribution is 6.04. The summed E-state index contributed by atoms with van der Waals surface area (Å²) >= 11 is 0. The van der Waals surface area contributed by atoms with Crippen LogP contribution in [0.3, 0.4) is 0 Å². The Labute approximate surface area is 125 Å². The fraction of sp³-hybridized carbons (Fsp3) is 0.133. The third-order valence-corrected chi connectivity index (χ3v) is 3.32. The van der Waals surface area contributed by atoms with E-state index in [1.165, 1.54) is 6.07 Å². The van der Waals surface area contributed by atoms with Crippen molar-refractivity contribution in [1.29, 1.82) is 0 Å². The Morgan fingerprint density at radius 1 is 1.27 bits per heavy atom. The van der Waals surface area contributed by atoms with E-state index in [1.807, 2.05) is 0 Å². The molecule has 3 N–H and O–H groups in total. The first-order valence-electron chi connectivity index (χ1n) is 6.66. The van der Waals surface area contributed by atoms with Gasteiger partial charge in [-0.2, -0.15) is 0 Å². The molecule has 0 aliphatic heterocycles. The summed E-state index contributed by atoms with van der Waals surface area (Å²) in [6, 6.07) is 9.67. The first-order chi connectivity index (χ1) is 10.7. The van der Waals surface area contributed by atoms with Gasteiger partial charge in [0.25, 0.3) is 5.91 Å². The third kappa shape index (κ3) is 2.66. The van der Waals surface area contributed by atoms with Crippen molar-refractivity contribution in [2.24, 2.45) is 5.73 Å². The molecule has 3 aromatic rings. The van der Waals surface area contributed by atoms with E-state index >= 15 is 0 Å². The molecule has 0 saturated heterocycles. The van der Waals surface area contributed by atoms with Gasteiger partial charge in [0.05, 0.1) is 5.56 Å². The smallest absolute Gasteiger partial charge is 0.253 e. The maximum atomic E-state index is 13.8. The van der Waals surface area contributed by atoms with Gasteiger partial charge in [0.1, 0.15) is 16.9 Å². The molecule has 0 spiro atoms. The van der Waals surface area contributed by atoms with Crippen LogP contribution in [0, 0.1) is 5.82 Å². The largest absolute Gasteiger partial charge is 0.348 e. The number of nitrogens with two attached hydrogens (primary N) is 1. The number of hydrogen-bond acceptors (Lipinski definition) is 5. The summed E-state index contributed by atoms with van der Waals surface area (Å²) in [6.07, 6.45) is 0. The minimum Gasteiger partial charge on any atom is -0.348 e. The summed E-state index contributed by atoms with van der Waals surface area (Å²) in [5, 5.41) is 10.0. The lowest BCUT2D eigenvalue weighted by atomic mass is 10.1. The maximum absolute atomic E-state index is 13.8. The number of halogens is 1. The number of rotatable bonds is 4. The predicted octanol–water partition coefficient (Wildman–Crippen LogP) is 1.75. The van der Waals surface area contributed by atoms with Crippen molar-refractivity contribution in [2.75, 3.05) is 0 Å².